The highest BCUT2D eigenvalue weighted by Crippen LogP contribution is 2.43. The largest absolute Gasteiger partial charge is 0.376 e. The molecule has 2 fully saturated rings. The predicted octanol–water partition coefficient (Wildman–Crippen LogP) is 2.17. The summed E-state index contributed by atoms with van der Waals surface area (Å²) in [7, 11) is 0. The van der Waals surface area contributed by atoms with Gasteiger partial charge in [-0.2, -0.15) is 0 Å². The molecule has 2 unspecified atom stereocenters. The lowest BCUT2D eigenvalue weighted by Crippen LogP contribution is -2.50. The first-order chi connectivity index (χ1) is 8.19. The van der Waals surface area contributed by atoms with E-state index in [2.05, 4.69) is 4.98 Å². The van der Waals surface area contributed by atoms with E-state index in [4.69, 9.17) is 22.1 Å². The zero-order chi connectivity index (χ0) is 11.9. The van der Waals surface area contributed by atoms with Gasteiger partial charge in [0.1, 0.15) is 0 Å². The first-order valence-corrected chi connectivity index (χ1v) is 6.56. The molecule has 92 valence electrons. The molecule has 1 saturated heterocycles. The van der Waals surface area contributed by atoms with Crippen LogP contribution in [0, 0.1) is 5.92 Å². The monoisotopic (exact) mass is 252 g/mol. The fourth-order valence-corrected chi connectivity index (χ4v) is 2.97. The maximum Gasteiger partial charge on any atom is 0.0786 e. The Balaban J connectivity index is 1.81. The highest BCUT2D eigenvalue weighted by molar-refractivity contribution is 6.31. The quantitative estimate of drug-likeness (QED) is 0.897. The van der Waals surface area contributed by atoms with Crippen LogP contribution in [-0.2, 0) is 11.2 Å². The maximum absolute atomic E-state index is 6.54. The predicted molar refractivity (Wildman–Crippen MR) is 67.0 cm³/mol. The van der Waals surface area contributed by atoms with Crippen LogP contribution < -0.4 is 5.73 Å². The lowest BCUT2D eigenvalue weighted by atomic mass is 9.83. The molecule has 1 aromatic heterocycles. The Bertz CT molecular complexity index is 422. The summed E-state index contributed by atoms with van der Waals surface area (Å²) in [5.41, 5.74) is 7.38. The van der Waals surface area contributed by atoms with Crippen LogP contribution in [0.25, 0.3) is 0 Å². The Morgan fingerprint density at radius 2 is 2.35 bits per heavy atom. The number of aromatic nitrogens is 1. The lowest BCUT2D eigenvalue weighted by molar-refractivity contribution is 0.0627. The summed E-state index contributed by atoms with van der Waals surface area (Å²) in [6.07, 6.45) is 7.89. The Labute approximate surface area is 106 Å². The molecule has 3 nitrogen and oxygen atoms in total. The van der Waals surface area contributed by atoms with Crippen LogP contribution in [0.4, 0.5) is 0 Å². The van der Waals surface area contributed by atoms with Crippen molar-refractivity contribution in [2.45, 2.75) is 37.3 Å². The summed E-state index contributed by atoms with van der Waals surface area (Å²) in [5, 5.41) is 0.707. The van der Waals surface area contributed by atoms with Gasteiger partial charge in [0.05, 0.1) is 11.1 Å². The number of rotatable bonds is 3. The van der Waals surface area contributed by atoms with Crippen molar-refractivity contribution in [2.24, 2.45) is 11.7 Å². The molecule has 2 aliphatic rings. The molecule has 0 spiro atoms. The third kappa shape index (κ3) is 2.19. The number of pyridine rings is 1. The summed E-state index contributed by atoms with van der Waals surface area (Å²) < 4.78 is 5.82. The van der Waals surface area contributed by atoms with E-state index in [-0.39, 0.29) is 11.6 Å². The summed E-state index contributed by atoms with van der Waals surface area (Å²) in [6, 6.07) is 1.96. The molecule has 1 saturated carbocycles. The lowest BCUT2D eigenvalue weighted by Gasteiger charge is -2.30. The fourth-order valence-electron chi connectivity index (χ4n) is 2.78. The first kappa shape index (κ1) is 11.5. The van der Waals surface area contributed by atoms with E-state index in [1.54, 1.807) is 12.4 Å². The Morgan fingerprint density at radius 3 is 3.06 bits per heavy atom. The van der Waals surface area contributed by atoms with Gasteiger partial charge in [-0.15, -0.1) is 0 Å². The van der Waals surface area contributed by atoms with E-state index in [0.717, 1.165) is 25.0 Å². The Kier molecular flexibility index (Phi) is 2.85. The van der Waals surface area contributed by atoms with Crippen LogP contribution in [0.3, 0.4) is 0 Å². The van der Waals surface area contributed by atoms with Gasteiger partial charge in [-0.1, -0.05) is 11.6 Å². The number of nitrogens with zero attached hydrogens (tertiary/aromatic N) is 1. The zero-order valence-electron chi connectivity index (χ0n) is 9.73. The van der Waals surface area contributed by atoms with Gasteiger partial charge < -0.3 is 10.5 Å². The maximum atomic E-state index is 6.54. The van der Waals surface area contributed by atoms with Gasteiger partial charge in [0.15, 0.2) is 0 Å². The second-order valence-corrected chi connectivity index (χ2v) is 5.66. The Hall–Kier alpha value is -0.640. The van der Waals surface area contributed by atoms with Crippen molar-refractivity contribution in [3.63, 3.8) is 0 Å². The molecule has 1 aliphatic carbocycles. The second-order valence-electron chi connectivity index (χ2n) is 5.26. The summed E-state index contributed by atoms with van der Waals surface area (Å²) in [5.74, 6) is 0.670. The van der Waals surface area contributed by atoms with Gasteiger partial charge in [-0.3, -0.25) is 4.98 Å². The second kappa shape index (κ2) is 4.23. The van der Waals surface area contributed by atoms with Gasteiger partial charge in [0.25, 0.3) is 0 Å². The smallest absolute Gasteiger partial charge is 0.0786 e. The molecule has 2 atom stereocenters. The van der Waals surface area contributed by atoms with E-state index in [0.29, 0.717) is 10.9 Å². The van der Waals surface area contributed by atoms with Crippen molar-refractivity contribution in [1.29, 1.82) is 0 Å². The van der Waals surface area contributed by atoms with Crippen LogP contribution in [-0.4, -0.2) is 23.2 Å². The van der Waals surface area contributed by atoms with Crippen LogP contribution >= 0.6 is 11.6 Å². The minimum atomic E-state index is -0.244. The molecule has 17 heavy (non-hydrogen) atoms. The topological polar surface area (TPSA) is 48.1 Å². The van der Waals surface area contributed by atoms with Gasteiger partial charge in [-0.05, 0) is 43.2 Å². The summed E-state index contributed by atoms with van der Waals surface area (Å²) in [4.78, 5) is 4.00. The van der Waals surface area contributed by atoms with Crippen molar-refractivity contribution in [3.8, 4) is 0 Å². The Morgan fingerprint density at radius 1 is 1.53 bits per heavy atom. The molecule has 1 aliphatic heterocycles. The number of hydrogen-bond donors (Lipinski definition) is 1. The van der Waals surface area contributed by atoms with Crippen LogP contribution in [0.1, 0.15) is 24.8 Å². The van der Waals surface area contributed by atoms with Crippen molar-refractivity contribution >= 4 is 11.6 Å². The third-order valence-corrected chi connectivity index (χ3v) is 4.20. The van der Waals surface area contributed by atoms with E-state index in [1.165, 1.54) is 12.8 Å². The fraction of sp³-hybridized carbons (Fsp3) is 0.615. The molecule has 3 rings (SSSR count). The summed E-state index contributed by atoms with van der Waals surface area (Å²) >= 11 is 6.15. The molecule has 2 heterocycles. The average Bonchev–Trinajstić information content (AvgIpc) is 3.07. The van der Waals surface area contributed by atoms with Crippen molar-refractivity contribution in [3.05, 3.63) is 29.0 Å². The molecular formula is C13H17ClN2O. The summed E-state index contributed by atoms with van der Waals surface area (Å²) in [6.45, 7) is 0.778. The third-order valence-electron chi connectivity index (χ3n) is 3.86. The van der Waals surface area contributed by atoms with Crippen molar-refractivity contribution in [2.75, 3.05) is 6.61 Å². The first-order valence-electron chi connectivity index (χ1n) is 6.18. The number of hydrogen-bond acceptors (Lipinski definition) is 3. The molecular weight excluding hydrogens is 236 g/mol. The van der Waals surface area contributed by atoms with E-state index in [9.17, 15) is 0 Å². The van der Waals surface area contributed by atoms with Crippen molar-refractivity contribution < 1.29 is 4.74 Å². The average molecular weight is 253 g/mol. The van der Waals surface area contributed by atoms with E-state index >= 15 is 0 Å². The van der Waals surface area contributed by atoms with Crippen LogP contribution in [0.5, 0.6) is 0 Å². The number of nitrogens with two attached hydrogens (primary N) is 1. The standard InChI is InChI=1S/C13H17ClN2O/c14-11-8-16-5-3-10(11)7-13(15)4-6-17-12(13)9-1-2-9/h3,5,8-9,12H,1-2,4,6-7,15H2. The molecule has 2 N–H and O–H groups in total. The zero-order valence-corrected chi connectivity index (χ0v) is 10.5. The molecule has 0 amide bonds. The highest BCUT2D eigenvalue weighted by atomic mass is 35.5. The van der Waals surface area contributed by atoms with Gasteiger partial charge >= 0.3 is 0 Å². The SMILES string of the molecule is NC1(Cc2ccncc2Cl)CCOC1C1CC1. The molecule has 0 bridgehead atoms. The van der Waals surface area contributed by atoms with Gasteiger partial charge in [-0.25, -0.2) is 0 Å². The number of ether oxygens (including phenoxy) is 1. The van der Waals surface area contributed by atoms with E-state index < -0.39 is 0 Å². The molecule has 0 radical (unpaired) electrons. The number of halogens is 1. The van der Waals surface area contributed by atoms with Gasteiger partial charge in [0.2, 0.25) is 0 Å². The van der Waals surface area contributed by atoms with E-state index in [1.807, 2.05) is 6.07 Å². The molecule has 1 aromatic rings. The van der Waals surface area contributed by atoms with Gasteiger partial charge in [0, 0.05) is 24.5 Å². The van der Waals surface area contributed by atoms with Crippen molar-refractivity contribution in [1.82, 2.24) is 4.98 Å². The molecule has 4 heteroatoms. The molecule has 0 aromatic carbocycles. The van der Waals surface area contributed by atoms with Crippen LogP contribution in [0.15, 0.2) is 18.5 Å². The van der Waals surface area contributed by atoms with Crippen LogP contribution in [0.2, 0.25) is 5.02 Å². The minimum absolute atomic E-state index is 0.215. The minimum Gasteiger partial charge on any atom is -0.376 e. The highest BCUT2D eigenvalue weighted by Gasteiger charge is 2.48. The normalized spacial score (nSPS) is 32.9.